The third-order valence-electron chi connectivity index (χ3n) is 2.05. The zero-order chi connectivity index (χ0) is 10.8. The van der Waals surface area contributed by atoms with Gasteiger partial charge in [0.05, 0.1) is 12.8 Å². The van der Waals surface area contributed by atoms with E-state index < -0.39 is 0 Å². The summed E-state index contributed by atoms with van der Waals surface area (Å²) < 4.78 is 6.14. The summed E-state index contributed by atoms with van der Waals surface area (Å²) in [6, 6.07) is 7.10. The van der Waals surface area contributed by atoms with Crippen LogP contribution in [0.15, 0.2) is 33.5 Å². The Labute approximate surface area is 94.4 Å². The monoisotopic (exact) mass is 268 g/mol. The summed E-state index contributed by atoms with van der Waals surface area (Å²) in [4.78, 5) is 11.0. The first-order valence-corrected chi connectivity index (χ1v) is 5.11. The SMILES string of the molecule is COc1ccc(Br)cc1-c1cc(=O)[nH][nH]1. The van der Waals surface area contributed by atoms with Gasteiger partial charge in [-0.2, -0.15) is 0 Å². The molecule has 5 heteroatoms. The lowest BCUT2D eigenvalue weighted by atomic mass is 10.1. The lowest BCUT2D eigenvalue weighted by Gasteiger charge is -2.06. The second-order valence-corrected chi connectivity index (χ2v) is 3.93. The highest BCUT2D eigenvalue weighted by atomic mass is 79.9. The van der Waals surface area contributed by atoms with E-state index in [9.17, 15) is 4.79 Å². The molecule has 2 rings (SSSR count). The lowest BCUT2D eigenvalue weighted by Crippen LogP contribution is -1.93. The maximum absolute atomic E-state index is 11.0. The number of ether oxygens (including phenoxy) is 1. The maximum Gasteiger partial charge on any atom is 0.264 e. The fourth-order valence-electron chi connectivity index (χ4n) is 1.37. The molecule has 1 aromatic heterocycles. The Morgan fingerprint density at radius 2 is 2.07 bits per heavy atom. The van der Waals surface area contributed by atoms with E-state index in [0.717, 1.165) is 10.0 Å². The molecule has 0 atom stereocenters. The molecule has 0 aliphatic carbocycles. The zero-order valence-electron chi connectivity index (χ0n) is 8.00. The van der Waals surface area contributed by atoms with Crippen molar-refractivity contribution in [3.8, 4) is 17.0 Å². The average molecular weight is 269 g/mol. The Morgan fingerprint density at radius 1 is 1.27 bits per heavy atom. The fourth-order valence-corrected chi connectivity index (χ4v) is 1.73. The van der Waals surface area contributed by atoms with Gasteiger partial charge in [-0.05, 0) is 18.2 Å². The highest BCUT2D eigenvalue weighted by Gasteiger charge is 2.08. The van der Waals surface area contributed by atoms with Crippen molar-refractivity contribution in [2.45, 2.75) is 0 Å². The van der Waals surface area contributed by atoms with E-state index in [1.807, 2.05) is 18.2 Å². The molecular formula is C10H9BrN2O2. The first-order valence-electron chi connectivity index (χ1n) is 4.32. The summed E-state index contributed by atoms with van der Waals surface area (Å²) in [7, 11) is 1.59. The van der Waals surface area contributed by atoms with Crippen LogP contribution in [0.4, 0.5) is 0 Å². The Kier molecular flexibility index (Phi) is 2.64. The zero-order valence-corrected chi connectivity index (χ0v) is 9.59. The van der Waals surface area contributed by atoms with Gasteiger partial charge in [0.15, 0.2) is 0 Å². The minimum absolute atomic E-state index is 0.160. The fraction of sp³-hybridized carbons (Fsp3) is 0.100. The second-order valence-electron chi connectivity index (χ2n) is 3.02. The van der Waals surface area contributed by atoms with Crippen LogP contribution in [-0.4, -0.2) is 17.3 Å². The van der Waals surface area contributed by atoms with Crippen LogP contribution >= 0.6 is 15.9 Å². The largest absolute Gasteiger partial charge is 0.496 e. The smallest absolute Gasteiger partial charge is 0.264 e. The first kappa shape index (κ1) is 10.0. The molecule has 2 N–H and O–H groups in total. The van der Waals surface area contributed by atoms with Crippen molar-refractivity contribution in [2.75, 3.05) is 7.11 Å². The second kappa shape index (κ2) is 3.94. The Balaban J connectivity index is 2.59. The van der Waals surface area contributed by atoms with Gasteiger partial charge in [0.25, 0.3) is 5.56 Å². The molecule has 0 bridgehead atoms. The number of halogens is 1. The molecule has 1 aromatic carbocycles. The summed E-state index contributed by atoms with van der Waals surface area (Å²) >= 11 is 3.37. The molecule has 0 radical (unpaired) electrons. The van der Waals surface area contributed by atoms with Gasteiger partial charge in [0.2, 0.25) is 0 Å². The number of aromatic nitrogens is 2. The number of methoxy groups -OCH3 is 1. The van der Waals surface area contributed by atoms with Crippen LogP contribution in [0.25, 0.3) is 11.3 Å². The van der Waals surface area contributed by atoms with Crippen molar-refractivity contribution in [1.82, 2.24) is 10.2 Å². The lowest BCUT2D eigenvalue weighted by molar-refractivity contribution is 0.416. The predicted molar refractivity (Wildman–Crippen MR) is 61.1 cm³/mol. The van der Waals surface area contributed by atoms with Crippen LogP contribution in [0, 0.1) is 0 Å². The summed E-state index contributed by atoms with van der Waals surface area (Å²) in [6.45, 7) is 0. The molecule has 2 aromatic rings. The van der Waals surface area contributed by atoms with Gasteiger partial charge in [-0.25, -0.2) is 0 Å². The normalized spacial score (nSPS) is 10.3. The van der Waals surface area contributed by atoms with Crippen molar-refractivity contribution >= 4 is 15.9 Å². The molecule has 78 valence electrons. The standard InChI is InChI=1S/C10H9BrN2O2/c1-15-9-3-2-6(11)4-7(9)8-5-10(14)13-12-8/h2-5H,1H3,(H2,12,13,14). The Bertz CT molecular complexity index is 530. The highest BCUT2D eigenvalue weighted by molar-refractivity contribution is 9.10. The molecule has 0 unspecified atom stereocenters. The minimum atomic E-state index is -0.160. The topological polar surface area (TPSA) is 57.9 Å². The van der Waals surface area contributed by atoms with Crippen LogP contribution in [0.1, 0.15) is 0 Å². The van der Waals surface area contributed by atoms with Crippen molar-refractivity contribution < 1.29 is 4.74 Å². The van der Waals surface area contributed by atoms with Crippen LogP contribution in [0.2, 0.25) is 0 Å². The van der Waals surface area contributed by atoms with E-state index in [2.05, 4.69) is 26.1 Å². The molecule has 15 heavy (non-hydrogen) atoms. The average Bonchev–Trinajstić information content (AvgIpc) is 2.65. The first-order chi connectivity index (χ1) is 7.20. The van der Waals surface area contributed by atoms with E-state index in [1.54, 1.807) is 7.11 Å². The van der Waals surface area contributed by atoms with E-state index in [0.29, 0.717) is 11.4 Å². The number of hydrogen-bond acceptors (Lipinski definition) is 2. The minimum Gasteiger partial charge on any atom is -0.496 e. The van der Waals surface area contributed by atoms with E-state index in [4.69, 9.17) is 4.74 Å². The molecular weight excluding hydrogens is 260 g/mol. The van der Waals surface area contributed by atoms with Crippen molar-refractivity contribution in [2.24, 2.45) is 0 Å². The van der Waals surface area contributed by atoms with Crippen molar-refractivity contribution in [3.63, 3.8) is 0 Å². The van der Waals surface area contributed by atoms with Gasteiger partial charge in [-0.3, -0.25) is 15.0 Å². The molecule has 0 saturated heterocycles. The van der Waals surface area contributed by atoms with Gasteiger partial charge >= 0.3 is 0 Å². The van der Waals surface area contributed by atoms with Gasteiger partial charge in [-0.1, -0.05) is 15.9 Å². The number of aromatic amines is 2. The number of rotatable bonds is 2. The van der Waals surface area contributed by atoms with Gasteiger partial charge in [-0.15, -0.1) is 0 Å². The van der Waals surface area contributed by atoms with E-state index >= 15 is 0 Å². The van der Waals surface area contributed by atoms with Gasteiger partial charge < -0.3 is 4.74 Å². The van der Waals surface area contributed by atoms with Crippen molar-refractivity contribution in [3.05, 3.63) is 39.1 Å². The number of hydrogen-bond donors (Lipinski definition) is 2. The Hall–Kier alpha value is -1.49. The van der Waals surface area contributed by atoms with Crippen LogP contribution in [0.3, 0.4) is 0 Å². The third-order valence-corrected chi connectivity index (χ3v) is 2.54. The summed E-state index contributed by atoms with van der Waals surface area (Å²) in [5.41, 5.74) is 1.38. The van der Waals surface area contributed by atoms with Gasteiger partial charge in [0, 0.05) is 16.1 Å². The molecule has 0 saturated carbocycles. The Morgan fingerprint density at radius 3 is 2.67 bits per heavy atom. The summed E-state index contributed by atoms with van der Waals surface area (Å²) in [5.74, 6) is 0.716. The number of nitrogens with one attached hydrogen (secondary N) is 2. The molecule has 4 nitrogen and oxygen atoms in total. The summed E-state index contributed by atoms with van der Waals surface area (Å²) in [6.07, 6.45) is 0. The maximum atomic E-state index is 11.0. The van der Waals surface area contributed by atoms with Crippen LogP contribution in [0.5, 0.6) is 5.75 Å². The molecule has 1 heterocycles. The third kappa shape index (κ3) is 1.97. The van der Waals surface area contributed by atoms with Crippen molar-refractivity contribution in [1.29, 1.82) is 0 Å². The van der Waals surface area contributed by atoms with E-state index in [-0.39, 0.29) is 5.56 Å². The molecule has 0 aliphatic heterocycles. The van der Waals surface area contributed by atoms with Gasteiger partial charge in [0.1, 0.15) is 5.75 Å². The number of H-pyrrole nitrogens is 2. The van der Waals surface area contributed by atoms with Crippen LogP contribution in [-0.2, 0) is 0 Å². The molecule has 0 spiro atoms. The summed E-state index contributed by atoms with van der Waals surface area (Å²) in [5, 5.41) is 5.27. The molecule has 0 fully saturated rings. The number of benzene rings is 1. The predicted octanol–water partition coefficient (Wildman–Crippen LogP) is 2.14. The van der Waals surface area contributed by atoms with E-state index in [1.165, 1.54) is 6.07 Å². The molecule has 0 aliphatic rings. The molecule has 0 amide bonds. The highest BCUT2D eigenvalue weighted by Crippen LogP contribution is 2.30. The quantitative estimate of drug-likeness (QED) is 0.877. The van der Waals surface area contributed by atoms with Crippen LogP contribution < -0.4 is 10.3 Å².